The summed E-state index contributed by atoms with van der Waals surface area (Å²) >= 11 is 0. The Hall–Kier alpha value is -0.570. The molecule has 1 heterocycles. The molecular weight excluding hydrogens is 238 g/mol. The van der Waals surface area contributed by atoms with Crippen molar-refractivity contribution in [2.24, 2.45) is 29.6 Å². The van der Waals surface area contributed by atoms with Crippen LogP contribution in [0.15, 0.2) is 0 Å². The zero-order valence-electron chi connectivity index (χ0n) is 11.6. The van der Waals surface area contributed by atoms with Crippen LogP contribution in [-0.2, 0) is 4.79 Å². The summed E-state index contributed by atoms with van der Waals surface area (Å²) in [6, 6.07) is -0.183. The van der Waals surface area contributed by atoms with Crippen molar-refractivity contribution in [3.8, 4) is 0 Å². The van der Waals surface area contributed by atoms with E-state index in [1.165, 1.54) is 32.1 Å². The van der Waals surface area contributed by atoms with Gasteiger partial charge in [-0.2, -0.15) is 0 Å². The van der Waals surface area contributed by atoms with Crippen LogP contribution in [0.5, 0.6) is 0 Å². The number of carboxylic acid groups (broad SMARTS) is 1. The van der Waals surface area contributed by atoms with Crippen molar-refractivity contribution in [1.29, 1.82) is 0 Å². The van der Waals surface area contributed by atoms with Crippen LogP contribution in [0.4, 0.5) is 0 Å². The van der Waals surface area contributed by atoms with Crippen molar-refractivity contribution < 1.29 is 9.90 Å². The van der Waals surface area contributed by atoms with E-state index in [4.69, 9.17) is 0 Å². The van der Waals surface area contributed by atoms with Crippen LogP contribution in [0, 0.1) is 29.6 Å². The van der Waals surface area contributed by atoms with Crippen LogP contribution in [-0.4, -0.2) is 35.1 Å². The van der Waals surface area contributed by atoms with Crippen molar-refractivity contribution in [3.05, 3.63) is 0 Å². The Bertz CT molecular complexity index is 353. The lowest BCUT2D eigenvalue weighted by Crippen LogP contribution is -2.50. The van der Waals surface area contributed by atoms with E-state index in [9.17, 15) is 9.90 Å². The second-order valence-corrected chi connectivity index (χ2v) is 7.59. The van der Waals surface area contributed by atoms with Gasteiger partial charge in [-0.25, -0.2) is 0 Å². The van der Waals surface area contributed by atoms with Crippen LogP contribution in [0.1, 0.15) is 44.9 Å². The predicted octanol–water partition coefficient (Wildman–Crippen LogP) is 2.61. The van der Waals surface area contributed by atoms with Gasteiger partial charge in [0, 0.05) is 6.54 Å². The molecule has 19 heavy (non-hydrogen) atoms. The lowest BCUT2D eigenvalue weighted by molar-refractivity contribution is -0.143. The van der Waals surface area contributed by atoms with Crippen molar-refractivity contribution in [2.45, 2.75) is 51.0 Å². The smallest absolute Gasteiger partial charge is 0.320 e. The van der Waals surface area contributed by atoms with Gasteiger partial charge in [0.1, 0.15) is 6.04 Å². The summed E-state index contributed by atoms with van der Waals surface area (Å²) in [6.45, 7) is 2.09. The standard InChI is InChI=1S/C16H25NO2/c18-16(19)15-2-1-3-17(15)9-14-12-5-10-4-11(7-12)8-13(14)6-10/h10-15H,1-9H2,(H,18,19). The second-order valence-electron chi connectivity index (χ2n) is 7.59. The molecule has 0 aromatic heterocycles. The van der Waals surface area contributed by atoms with Gasteiger partial charge in [0.25, 0.3) is 0 Å². The SMILES string of the molecule is O=C(O)C1CCCN1CC1C2CC3CC(C2)CC1C3. The molecule has 0 radical (unpaired) electrons. The summed E-state index contributed by atoms with van der Waals surface area (Å²) in [5, 5.41) is 9.32. The molecule has 5 fully saturated rings. The van der Waals surface area contributed by atoms with E-state index in [0.717, 1.165) is 55.5 Å². The number of carbonyl (C=O) groups is 1. The number of carboxylic acids is 1. The highest BCUT2D eigenvalue weighted by molar-refractivity contribution is 5.73. The van der Waals surface area contributed by atoms with Gasteiger partial charge in [-0.1, -0.05) is 0 Å². The highest BCUT2D eigenvalue weighted by Crippen LogP contribution is 2.56. The fraction of sp³-hybridized carbons (Fsp3) is 0.938. The molecule has 4 saturated carbocycles. The molecule has 106 valence electrons. The molecular formula is C16H25NO2. The van der Waals surface area contributed by atoms with E-state index in [-0.39, 0.29) is 6.04 Å². The largest absolute Gasteiger partial charge is 0.480 e. The van der Waals surface area contributed by atoms with Crippen LogP contribution < -0.4 is 0 Å². The maximum absolute atomic E-state index is 11.3. The molecule has 4 aliphatic carbocycles. The van der Waals surface area contributed by atoms with Crippen LogP contribution >= 0.6 is 0 Å². The van der Waals surface area contributed by atoms with E-state index in [1.54, 1.807) is 0 Å². The number of nitrogens with zero attached hydrogens (tertiary/aromatic N) is 1. The predicted molar refractivity (Wildman–Crippen MR) is 72.8 cm³/mol. The highest BCUT2D eigenvalue weighted by atomic mass is 16.4. The van der Waals surface area contributed by atoms with Crippen molar-refractivity contribution in [2.75, 3.05) is 13.1 Å². The molecule has 1 N–H and O–H groups in total. The number of aliphatic carboxylic acids is 1. The lowest BCUT2D eigenvalue weighted by Gasteiger charge is -2.55. The van der Waals surface area contributed by atoms with Gasteiger partial charge in [-0.3, -0.25) is 9.69 Å². The first kappa shape index (κ1) is 12.2. The molecule has 3 nitrogen and oxygen atoms in total. The van der Waals surface area contributed by atoms with Crippen LogP contribution in [0.3, 0.4) is 0 Å². The third-order valence-corrected chi connectivity index (χ3v) is 6.52. The van der Waals surface area contributed by atoms with Crippen molar-refractivity contribution >= 4 is 5.97 Å². The Morgan fingerprint density at radius 1 is 1.05 bits per heavy atom. The Labute approximate surface area is 115 Å². The summed E-state index contributed by atoms with van der Waals surface area (Å²) in [6.07, 6.45) is 9.23. The normalized spacial score (nSPS) is 48.8. The van der Waals surface area contributed by atoms with Crippen molar-refractivity contribution in [3.63, 3.8) is 0 Å². The molecule has 1 saturated heterocycles. The molecule has 3 heteroatoms. The van der Waals surface area contributed by atoms with E-state index in [0.29, 0.717) is 0 Å². The monoisotopic (exact) mass is 263 g/mol. The fourth-order valence-corrected chi connectivity index (χ4v) is 5.93. The minimum atomic E-state index is -0.596. The van der Waals surface area contributed by atoms with Crippen molar-refractivity contribution in [1.82, 2.24) is 4.90 Å². The molecule has 4 bridgehead atoms. The Morgan fingerprint density at radius 2 is 1.68 bits per heavy atom. The summed E-state index contributed by atoms with van der Waals surface area (Å²) in [5.74, 6) is 4.10. The number of rotatable bonds is 3. The number of likely N-dealkylation sites (tertiary alicyclic amines) is 1. The molecule has 0 spiro atoms. The van der Waals surface area contributed by atoms with Crippen LogP contribution in [0.2, 0.25) is 0 Å². The molecule has 1 unspecified atom stereocenters. The molecule has 5 aliphatic rings. The topological polar surface area (TPSA) is 40.5 Å². The first-order chi connectivity index (χ1) is 9.20. The fourth-order valence-electron chi connectivity index (χ4n) is 5.93. The molecule has 1 atom stereocenters. The minimum absolute atomic E-state index is 0.183. The molecule has 0 aromatic rings. The maximum atomic E-state index is 11.3. The quantitative estimate of drug-likeness (QED) is 0.851. The Balaban J connectivity index is 1.47. The first-order valence-corrected chi connectivity index (χ1v) is 8.17. The first-order valence-electron chi connectivity index (χ1n) is 8.17. The Kier molecular flexibility index (Phi) is 2.87. The van der Waals surface area contributed by atoms with Gasteiger partial charge in [-0.15, -0.1) is 0 Å². The zero-order chi connectivity index (χ0) is 13.0. The summed E-state index contributed by atoms with van der Waals surface area (Å²) < 4.78 is 0. The van der Waals surface area contributed by atoms with E-state index >= 15 is 0 Å². The zero-order valence-corrected chi connectivity index (χ0v) is 11.6. The van der Waals surface area contributed by atoms with Gasteiger partial charge < -0.3 is 5.11 Å². The minimum Gasteiger partial charge on any atom is -0.480 e. The molecule has 1 aliphatic heterocycles. The molecule has 0 aromatic carbocycles. The Morgan fingerprint density at radius 3 is 2.26 bits per heavy atom. The third-order valence-electron chi connectivity index (χ3n) is 6.52. The third kappa shape index (κ3) is 2.01. The van der Waals surface area contributed by atoms with Gasteiger partial charge in [-0.05, 0) is 81.1 Å². The number of hydrogen-bond donors (Lipinski definition) is 1. The average molecular weight is 263 g/mol. The van der Waals surface area contributed by atoms with Gasteiger partial charge in [0.15, 0.2) is 0 Å². The van der Waals surface area contributed by atoms with Gasteiger partial charge in [0.2, 0.25) is 0 Å². The van der Waals surface area contributed by atoms with Crippen LogP contribution in [0.25, 0.3) is 0 Å². The maximum Gasteiger partial charge on any atom is 0.320 e. The summed E-state index contributed by atoms with van der Waals surface area (Å²) in [7, 11) is 0. The molecule has 5 rings (SSSR count). The van der Waals surface area contributed by atoms with E-state index < -0.39 is 5.97 Å². The van der Waals surface area contributed by atoms with E-state index in [2.05, 4.69) is 4.90 Å². The lowest BCUT2D eigenvalue weighted by atomic mass is 9.52. The number of hydrogen-bond acceptors (Lipinski definition) is 2. The summed E-state index contributed by atoms with van der Waals surface area (Å²) in [5.41, 5.74) is 0. The average Bonchev–Trinajstić information content (AvgIpc) is 2.81. The highest BCUT2D eigenvalue weighted by Gasteiger charge is 2.49. The van der Waals surface area contributed by atoms with Gasteiger partial charge >= 0.3 is 5.97 Å². The van der Waals surface area contributed by atoms with Gasteiger partial charge in [0.05, 0.1) is 0 Å². The summed E-state index contributed by atoms with van der Waals surface area (Å²) in [4.78, 5) is 13.6. The second kappa shape index (κ2) is 4.47. The van der Waals surface area contributed by atoms with E-state index in [1.807, 2.05) is 0 Å². The molecule has 0 amide bonds.